The first-order valence-corrected chi connectivity index (χ1v) is 11.3. The van der Waals surface area contributed by atoms with Crippen LogP contribution in [0, 0.1) is 11.3 Å². The molecule has 0 atom stereocenters. The van der Waals surface area contributed by atoms with Crippen LogP contribution in [0.1, 0.15) is 56.6 Å². The molecule has 2 rings (SSSR count). The predicted molar refractivity (Wildman–Crippen MR) is 130 cm³/mol. The molecular weight excluding hydrogens is 422 g/mol. The normalized spacial score (nSPS) is 11.0. The number of ether oxygens (including phenoxy) is 2. The predicted octanol–water partition coefficient (Wildman–Crippen LogP) is 7.24. The zero-order chi connectivity index (χ0) is 23.2. The van der Waals surface area contributed by atoms with Crippen LogP contribution in [0.2, 0.25) is 5.02 Å². The number of carbonyl (C=O) groups is 1. The maximum absolute atomic E-state index is 11.3. The summed E-state index contributed by atoms with van der Waals surface area (Å²) < 4.78 is 10.9. The van der Waals surface area contributed by atoms with Crippen molar-refractivity contribution in [3.05, 3.63) is 76.8 Å². The van der Waals surface area contributed by atoms with Crippen molar-refractivity contribution in [1.82, 2.24) is 0 Å². The van der Waals surface area contributed by atoms with E-state index in [-0.39, 0.29) is 5.97 Å². The Morgan fingerprint density at radius 3 is 2.16 bits per heavy atom. The molecule has 0 aliphatic heterocycles. The Balaban J connectivity index is 1.64. The van der Waals surface area contributed by atoms with Crippen molar-refractivity contribution in [2.75, 3.05) is 13.2 Å². The van der Waals surface area contributed by atoms with Crippen molar-refractivity contribution in [3.63, 3.8) is 0 Å². The molecule has 0 aromatic heterocycles. The molecule has 0 fully saturated rings. The van der Waals surface area contributed by atoms with E-state index in [1.54, 1.807) is 19.1 Å². The summed E-state index contributed by atoms with van der Waals surface area (Å²) in [5.74, 6) is 0.494. The smallest absolute Gasteiger partial charge is 0.333 e. The van der Waals surface area contributed by atoms with Gasteiger partial charge in [0.2, 0.25) is 0 Å². The maximum atomic E-state index is 11.3. The number of rotatable bonds is 13. The first-order chi connectivity index (χ1) is 15.5. The number of esters is 1. The summed E-state index contributed by atoms with van der Waals surface area (Å²) in [5.41, 5.74) is 2.82. The molecule has 0 saturated heterocycles. The number of nitrogens with zero attached hydrogens (tertiary/aromatic N) is 1. The van der Waals surface area contributed by atoms with Crippen molar-refractivity contribution < 1.29 is 14.3 Å². The molecule has 32 heavy (non-hydrogen) atoms. The molecule has 0 heterocycles. The Kier molecular flexibility index (Phi) is 11.1. The minimum atomic E-state index is -0.309. The fourth-order valence-corrected chi connectivity index (χ4v) is 3.15. The average molecular weight is 452 g/mol. The minimum Gasteiger partial charge on any atom is -0.494 e. The van der Waals surface area contributed by atoms with E-state index in [0.29, 0.717) is 29.4 Å². The number of allylic oxidation sites excluding steroid dienone is 1. The van der Waals surface area contributed by atoms with Crippen molar-refractivity contribution in [1.29, 1.82) is 5.26 Å². The minimum absolute atomic E-state index is 0.309. The Morgan fingerprint density at radius 1 is 0.969 bits per heavy atom. The second kappa shape index (κ2) is 14.1. The summed E-state index contributed by atoms with van der Waals surface area (Å²) in [6.07, 6.45) is 8.14. The van der Waals surface area contributed by atoms with E-state index in [4.69, 9.17) is 21.1 Å². The van der Waals surface area contributed by atoms with Gasteiger partial charge < -0.3 is 9.47 Å². The van der Waals surface area contributed by atoms with Crippen LogP contribution in [0.25, 0.3) is 11.6 Å². The number of unbranched alkanes of at least 4 members (excludes halogenated alkanes) is 5. The Bertz CT molecular complexity index is 940. The van der Waals surface area contributed by atoms with Gasteiger partial charge in [0.1, 0.15) is 5.75 Å². The van der Waals surface area contributed by atoms with Gasteiger partial charge in [-0.05, 0) is 73.4 Å². The number of benzene rings is 2. The molecule has 0 amide bonds. The fourth-order valence-electron chi connectivity index (χ4n) is 3.03. The Labute approximate surface area is 196 Å². The van der Waals surface area contributed by atoms with E-state index >= 15 is 0 Å². The van der Waals surface area contributed by atoms with Gasteiger partial charge in [0.25, 0.3) is 0 Å². The SMILES string of the molecule is C=C(C)C(=O)OCCCCCCCCOc1ccc(/C(C#N)=C/c2ccc(Cl)cc2)cc1. The number of nitriles is 1. The third-order valence-electron chi connectivity index (χ3n) is 4.86. The van der Waals surface area contributed by atoms with Crippen molar-refractivity contribution in [3.8, 4) is 11.8 Å². The van der Waals surface area contributed by atoms with Gasteiger partial charge >= 0.3 is 5.97 Å². The molecule has 168 valence electrons. The lowest BCUT2D eigenvalue weighted by molar-refractivity contribution is -0.139. The molecule has 2 aromatic carbocycles. The fraction of sp³-hybridized carbons (Fsp3) is 0.333. The summed E-state index contributed by atoms with van der Waals surface area (Å²) in [7, 11) is 0. The van der Waals surface area contributed by atoms with Gasteiger partial charge in [-0.15, -0.1) is 0 Å². The van der Waals surface area contributed by atoms with Crippen LogP contribution < -0.4 is 4.74 Å². The van der Waals surface area contributed by atoms with Crippen LogP contribution in [-0.2, 0) is 9.53 Å². The van der Waals surface area contributed by atoms with Crippen LogP contribution in [0.4, 0.5) is 0 Å². The molecular formula is C27H30ClNO3. The standard InChI is InChI=1S/C27H30ClNO3/c1-21(2)27(30)32-18-8-6-4-3-5-7-17-31-26-15-11-23(12-16-26)24(20-29)19-22-9-13-25(28)14-10-22/h9-16,19H,1,3-8,17-18H2,2H3/b24-19+. The van der Waals surface area contributed by atoms with E-state index in [1.807, 2.05) is 42.5 Å². The molecule has 5 heteroatoms. The van der Waals surface area contributed by atoms with Gasteiger partial charge in [0, 0.05) is 10.6 Å². The third kappa shape index (κ3) is 9.41. The largest absolute Gasteiger partial charge is 0.494 e. The molecule has 0 radical (unpaired) electrons. The van der Waals surface area contributed by atoms with Crippen LogP contribution in [0.15, 0.2) is 60.7 Å². The number of carbonyl (C=O) groups excluding carboxylic acids is 1. The molecule has 0 saturated carbocycles. The highest BCUT2D eigenvalue weighted by atomic mass is 35.5. The summed E-state index contributed by atoms with van der Waals surface area (Å²) >= 11 is 5.91. The first-order valence-electron chi connectivity index (χ1n) is 10.9. The maximum Gasteiger partial charge on any atom is 0.333 e. The second-order valence-electron chi connectivity index (χ2n) is 7.63. The lowest BCUT2D eigenvalue weighted by Gasteiger charge is -2.07. The van der Waals surface area contributed by atoms with Gasteiger partial charge in [0.15, 0.2) is 0 Å². The number of halogens is 1. The van der Waals surface area contributed by atoms with Gasteiger partial charge in [-0.25, -0.2) is 4.79 Å². The van der Waals surface area contributed by atoms with Crippen molar-refractivity contribution in [2.24, 2.45) is 0 Å². The molecule has 0 spiro atoms. The van der Waals surface area contributed by atoms with E-state index in [1.165, 1.54) is 0 Å². The summed E-state index contributed by atoms with van der Waals surface area (Å²) in [4.78, 5) is 11.3. The van der Waals surface area contributed by atoms with Crippen LogP contribution in [0.5, 0.6) is 5.75 Å². The highest BCUT2D eigenvalue weighted by Gasteiger charge is 2.03. The molecule has 0 aliphatic rings. The quantitative estimate of drug-likeness (QED) is 0.106. The van der Waals surface area contributed by atoms with E-state index < -0.39 is 0 Å². The molecule has 0 unspecified atom stereocenters. The van der Waals surface area contributed by atoms with Crippen LogP contribution in [-0.4, -0.2) is 19.2 Å². The van der Waals surface area contributed by atoms with E-state index in [2.05, 4.69) is 12.6 Å². The van der Waals surface area contributed by atoms with Gasteiger partial charge in [-0.3, -0.25) is 0 Å². The lowest BCUT2D eigenvalue weighted by Crippen LogP contribution is -2.06. The van der Waals surface area contributed by atoms with Crippen molar-refractivity contribution in [2.45, 2.75) is 45.4 Å². The summed E-state index contributed by atoms with van der Waals surface area (Å²) in [6.45, 7) is 6.35. The van der Waals surface area contributed by atoms with Crippen LogP contribution >= 0.6 is 11.6 Å². The highest BCUT2D eigenvalue weighted by molar-refractivity contribution is 6.30. The molecule has 0 bridgehead atoms. The van der Waals surface area contributed by atoms with E-state index in [9.17, 15) is 10.1 Å². The summed E-state index contributed by atoms with van der Waals surface area (Å²) in [6, 6.07) is 17.2. The molecule has 2 aromatic rings. The van der Waals surface area contributed by atoms with Crippen molar-refractivity contribution >= 4 is 29.2 Å². The Morgan fingerprint density at radius 2 is 1.56 bits per heavy atom. The third-order valence-corrected chi connectivity index (χ3v) is 5.11. The van der Waals surface area contributed by atoms with E-state index in [0.717, 1.165) is 55.4 Å². The monoisotopic (exact) mass is 451 g/mol. The number of hydrogen-bond acceptors (Lipinski definition) is 4. The topological polar surface area (TPSA) is 59.3 Å². The van der Waals surface area contributed by atoms with Crippen LogP contribution in [0.3, 0.4) is 0 Å². The molecule has 0 N–H and O–H groups in total. The molecule has 4 nitrogen and oxygen atoms in total. The summed E-state index contributed by atoms with van der Waals surface area (Å²) in [5, 5.41) is 10.2. The highest BCUT2D eigenvalue weighted by Crippen LogP contribution is 2.22. The van der Waals surface area contributed by atoms with Gasteiger partial charge in [0.05, 0.1) is 24.9 Å². The first kappa shape index (κ1) is 25.2. The van der Waals surface area contributed by atoms with Gasteiger partial charge in [-0.1, -0.05) is 56.0 Å². The zero-order valence-corrected chi connectivity index (χ0v) is 19.4. The lowest BCUT2D eigenvalue weighted by atomic mass is 10.0. The zero-order valence-electron chi connectivity index (χ0n) is 18.6. The second-order valence-corrected chi connectivity index (χ2v) is 8.07. The number of hydrogen-bond donors (Lipinski definition) is 0. The average Bonchev–Trinajstić information content (AvgIpc) is 2.80. The van der Waals surface area contributed by atoms with Gasteiger partial charge in [-0.2, -0.15) is 5.26 Å². The Hall–Kier alpha value is -3.03. The molecule has 0 aliphatic carbocycles.